The van der Waals surface area contributed by atoms with E-state index in [1.165, 1.54) is 23.7 Å². The van der Waals surface area contributed by atoms with Crippen LogP contribution < -0.4 is 5.30 Å². The predicted molar refractivity (Wildman–Crippen MR) is 105 cm³/mol. The first kappa shape index (κ1) is 17.4. The highest BCUT2D eigenvalue weighted by atomic mass is 31.2. The summed E-state index contributed by atoms with van der Waals surface area (Å²) in [6, 6.07) is 13.0. The van der Waals surface area contributed by atoms with Gasteiger partial charge in [-0.2, -0.15) is 0 Å². The van der Waals surface area contributed by atoms with Crippen LogP contribution in [0.5, 0.6) is 0 Å². The lowest BCUT2D eigenvalue weighted by molar-refractivity contribution is 0.538. The molecule has 0 N–H and O–H groups in total. The second kappa shape index (κ2) is 6.82. The highest BCUT2D eigenvalue weighted by Gasteiger charge is 2.42. The lowest BCUT2D eigenvalue weighted by Gasteiger charge is -2.43. The van der Waals surface area contributed by atoms with E-state index in [0.29, 0.717) is 0 Å². The molecule has 1 atom stereocenters. The molecule has 1 fully saturated rings. The molecule has 1 aromatic carbocycles. The van der Waals surface area contributed by atoms with Crippen LogP contribution in [-0.2, 0) is 0 Å². The van der Waals surface area contributed by atoms with Gasteiger partial charge in [0.15, 0.2) is 0 Å². The van der Waals surface area contributed by atoms with E-state index in [9.17, 15) is 0 Å². The fourth-order valence-corrected chi connectivity index (χ4v) is 7.94. The number of hydrogen-bond acceptors (Lipinski definition) is 2. The van der Waals surface area contributed by atoms with Gasteiger partial charge >= 0.3 is 0 Å². The minimum Gasteiger partial charge on any atom is -0.265 e. The second-order valence-corrected chi connectivity index (χ2v) is 11.4. The molecule has 1 aromatic heterocycles. The van der Waals surface area contributed by atoms with Gasteiger partial charge in [0.1, 0.15) is 0 Å². The van der Waals surface area contributed by atoms with Gasteiger partial charge in [0.05, 0.1) is 12.9 Å². The van der Waals surface area contributed by atoms with Crippen LogP contribution in [0.1, 0.15) is 39.2 Å². The summed E-state index contributed by atoms with van der Waals surface area (Å²) in [4.78, 5) is 4.24. The molecule has 3 nitrogen and oxygen atoms in total. The molecule has 1 aliphatic rings. The monoisotopic (exact) mass is 341 g/mol. The van der Waals surface area contributed by atoms with Crippen molar-refractivity contribution in [2.75, 3.05) is 13.1 Å². The third-order valence-corrected chi connectivity index (χ3v) is 9.37. The first-order valence-electron chi connectivity index (χ1n) is 8.79. The molecular weight excluding hydrogens is 313 g/mol. The first-order chi connectivity index (χ1) is 11.4. The summed E-state index contributed by atoms with van der Waals surface area (Å²) in [5.41, 5.74) is 2.37. The zero-order valence-electron chi connectivity index (χ0n) is 15.2. The number of benzene rings is 1. The highest BCUT2D eigenvalue weighted by Crippen LogP contribution is 2.64. The van der Waals surface area contributed by atoms with E-state index in [1.54, 1.807) is 0 Å². The number of nitrogens with zero attached hydrogens (tertiary/aromatic N) is 3. The van der Waals surface area contributed by atoms with Gasteiger partial charge in [-0.25, -0.2) is 4.74 Å². The zero-order chi connectivity index (χ0) is 17.2. The lowest BCUT2D eigenvalue weighted by atomic mass is 10.2. The molecule has 3 rings (SSSR count). The summed E-state index contributed by atoms with van der Waals surface area (Å²) in [5.74, 6) is 0. The molecule has 4 heteroatoms. The molecule has 0 spiro atoms. The normalized spacial score (nSPS) is 18.3. The topological polar surface area (TPSA) is 28.5 Å². The van der Waals surface area contributed by atoms with Crippen molar-refractivity contribution < 1.29 is 0 Å². The van der Waals surface area contributed by atoms with Crippen molar-refractivity contribution in [2.45, 2.75) is 45.7 Å². The molecule has 1 saturated heterocycles. The highest BCUT2D eigenvalue weighted by molar-refractivity contribution is 7.73. The maximum atomic E-state index is 5.46. The number of aryl methyl sites for hydroxylation is 1. The van der Waals surface area contributed by atoms with Crippen molar-refractivity contribution in [3.05, 3.63) is 54.4 Å². The van der Waals surface area contributed by atoms with Crippen LogP contribution in [-0.4, -0.2) is 27.9 Å². The van der Waals surface area contributed by atoms with E-state index >= 15 is 0 Å². The molecular formula is C20H28N3P. The largest absolute Gasteiger partial charge is 0.265 e. The number of rotatable bonds is 3. The van der Waals surface area contributed by atoms with E-state index in [0.717, 1.165) is 18.8 Å². The van der Waals surface area contributed by atoms with Crippen molar-refractivity contribution in [1.29, 1.82) is 0 Å². The van der Waals surface area contributed by atoms with Gasteiger partial charge in [-0.3, -0.25) is 9.65 Å². The smallest absolute Gasteiger partial charge is 0.0720 e. The summed E-state index contributed by atoms with van der Waals surface area (Å²) in [6.45, 7) is 11.4. The fraction of sp³-hybridized carbons (Fsp3) is 0.450. The van der Waals surface area contributed by atoms with Crippen LogP contribution in [0.2, 0.25) is 0 Å². The molecule has 0 aliphatic carbocycles. The quantitative estimate of drug-likeness (QED) is 0.703. The van der Waals surface area contributed by atoms with E-state index in [2.05, 4.69) is 73.7 Å². The van der Waals surface area contributed by atoms with E-state index in [4.69, 9.17) is 4.74 Å². The maximum absolute atomic E-state index is 5.46. The molecule has 24 heavy (non-hydrogen) atoms. The van der Waals surface area contributed by atoms with Gasteiger partial charge in [0, 0.05) is 35.9 Å². The maximum Gasteiger partial charge on any atom is 0.0720 e. The Labute approximate surface area is 146 Å². The van der Waals surface area contributed by atoms with Gasteiger partial charge in [-0.15, -0.1) is 0 Å². The molecule has 2 aromatic rings. The molecule has 0 saturated carbocycles. The third kappa shape index (κ3) is 3.20. The van der Waals surface area contributed by atoms with Crippen LogP contribution in [0.4, 0.5) is 5.69 Å². The van der Waals surface area contributed by atoms with Gasteiger partial charge in [0.25, 0.3) is 0 Å². The van der Waals surface area contributed by atoms with Crippen molar-refractivity contribution in [1.82, 2.24) is 9.65 Å². The van der Waals surface area contributed by atoms with Crippen LogP contribution in [0.15, 0.2) is 53.5 Å². The minimum atomic E-state index is -1.90. The molecule has 128 valence electrons. The summed E-state index contributed by atoms with van der Waals surface area (Å²) in [5, 5.41) is 1.41. The predicted octanol–water partition coefficient (Wildman–Crippen LogP) is 5.36. The summed E-state index contributed by atoms with van der Waals surface area (Å²) in [7, 11) is -1.90. The summed E-state index contributed by atoms with van der Waals surface area (Å²) >= 11 is 0. The van der Waals surface area contributed by atoms with Gasteiger partial charge in [-0.05, 0) is 44.0 Å². The average molecular weight is 341 g/mol. The zero-order valence-corrected chi connectivity index (χ0v) is 16.1. The lowest BCUT2D eigenvalue weighted by Crippen LogP contribution is -2.35. The Morgan fingerprint density at radius 2 is 1.54 bits per heavy atom. The van der Waals surface area contributed by atoms with Crippen molar-refractivity contribution in [3.63, 3.8) is 0 Å². The van der Waals surface area contributed by atoms with E-state index in [1.807, 2.05) is 12.4 Å². The standard InChI is InChI=1S/C20H28N3P/c1-17-7-9-18(10-8-17)22-24(20(2,3)4,23-15-5-6-16-23)19-11-13-21-14-12-19/h7-14H,5-6,15-16H2,1-4H3/t24-/m0/s1. The Kier molecular flexibility index (Phi) is 4.94. The van der Waals surface area contributed by atoms with Crippen molar-refractivity contribution in [2.24, 2.45) is 4.74 Å². The molecule has 2 heterocycles. The molecule has 0 bridgehead atoms. The Bertz CT molecular complexity index is 724. The Morgan fingerprint density at radius 1 is 0.958 bits per heavy atom. The average Bonchev–Trinajstić information content (AvgIpc) is 3.08. The number of pyridine rings is 1. The summed E-state index contributed by atoms with van der Waals surface area (Å²) < 4.78 is 8.13. The van der Waals surface area contributed by atoms with Crippen molar-refractivity contribution in [3.8, 4) is 0 Å². The van der Waals surface area contributed by atoms with Gasteiger partial charge in [-0.1, -0.05) is 38.5 Å². The van der Waals surface area contributed by atoms with E-state index < -0.39 is 7.21 Å². The molecule has 0 amide bonds. The third-order valence-electron chi connectivity index (χ3n) is 4.74. The van der Waals surface area contributed by atoms with Gasteiger partial charge in [0.2, 0.25) is 0 Å². The second-order valence-electron chi connectivity index (χ2n) is 7.57. The van der Waals surface area contributed by atoms with Crippen LogP contribution in [0, 0.1) is 6.92 Å². The molecule has 0 unspecified atom stereocenters. The Hall–Kier alpha value is -1.44. The van der Waals surface area contributed by atoms with Gasteiger partial charge < -0.3 is 0 Å². The van der Waals surface area contributed by atoms with Crippen LogP contribution in [0.3, 0.4) is 0 Å². The molecule has 1 aliphatic heterocycles. The first-order valence-corrected chi connectivity index (χ1v) is 10.5. The number of hydrogen-bond donors (Lipinski definition) is 0. The van der Waals surface area contributed by atoms with Crippen LogP contribution >= 0.6 is 7.21 Å². The Morgan fingerprint density at radius 3 is 2.08 bits per heavy atom. The van der Waals surface area contributed by atoms with Crippen LogP contribution in [0.25, 0.3) is 0 Å². The Balaban J connectivity index is 2.27. The van der Waals surface area contributed by atoms with Crippen molar-refractivity contribution >= 4 is 18.2 Å². The summed E-state index contributed by atoms with van der Waals surface area (Å²) in [6.07, 6.45) is 6.37. The fourth-order valence-electron chi connectivity index (χ4n) is 3.57. The SMILES string of the molecule is Cc1ccc(N=[P@@](c2ccncc2)(N2CCCC2)C(C)(C)C)cc1. The molecule has 0 radical (unpaired) electrons. The van der Waals surface area contributed by atoms with E-state index in [-0.39, 0.29) is 5.16 Å². The number of aromatic nitrogens is 1. The minimum absolute atomic E-state index is 0.0730.